The van der Waals surface area contributed by atoms with Gasteiger partial charge < -0.3 is 28.2 Å². The van der Waals surface area contributed by atoms with Gasteiger partial charge in [-0.25, -0.2) is 17.5 Å². The van der Waals surface area contributed by atoms with Crippen molar-refractivity contribution < 1.29 is 42.6 Å². The summed E-state index contributed by atoms with van der Waals surface area (Å²) in [6, 6.07) is 0. The molecule has 3 amide bonds. The van der Waals surface area contributed by atoms with E-state index in [4.69, 9.17) is 45.7 Å². The number of hydrogen-bond acceptors (Lipinski definition) is 12. The van der Waals surface area contributed by atoms with Crippen molar-refractivity contribution in [1.29, 1.82) is 0 Å². The molecule has 16 heteroatoms. The Balaban J connectivity index is 4.37. The number of nitrogens with two attached hydrogens (primary N) is 3. The standard InChI is InChI=1S/C18H39N6O9P/c1-14(3-4-28-11-16(25)22-19)32-10-15(9-29-5-6-30-12-17(26)23-20)34(2)33-8-7-31-13-18(27)24-21/h14-15H,3-13,19-21H2,1-2H3,(H,22,25)(H,23,26)(H,24,27). The van der Waals surface area contributed by atoms with E-state index in [1.165, 1.54) is 0 Å². The minimum Gasteiger partial charge on any atom is -0.378 e. The van der Waals surface area contributed by atoms with Gasteiger partial charge in [0.05, 0.1) is 51.4 Å². The highest BCUT2D eigenvalue weighted by Gasteiger charge is 2.20. The lowest BCUT2D eigenvalue weighted by Gasteiger charge is -2.25. The quantitative estimate of drug-likeness (QED) is 0.0284. The summed E-state index contributed by atoms with van der Waals surface area (Å²) in [6.07, 6.45) is 0.463. The maximum Gasteiger partial charge on any atom is 0.259 e. The van der Waals surface area contributed by atoms with E-state index in [1.807, 2.05) is 29.9 Å². The van der Waals surface area contributed by atoms with Crippen molar-refractivity contribution in [3.63, 3.8) is 0 Å². The molecule has 0 aliphatic rings. The molecule has 9 N–H and O–H groups in total. The molecule has 0 aromatic carbocycles. The molecule has 0 aromatic rings. The zero-order valence-corrected chi connectivity index (χ0v) is 20.7. The normalized spacial score (nSPS) is 13.7. The van der Waals surface area contributed by atoms with Crippen LogP contribution in [0.4, 0.5) is 0 Å². The second-order valence-electron chi connectivity index (χ2n) is 6.90. The van der Waals surface area contributed by atoms with Crippen LogP contribution < -0.4 is 33.8 Å². The largest absolute Gasteiger partial charge is 0.378 e. The Morgan fingerprint density at radius 2 is 1.21 bits per heavy atom. The molecule has 0 spiro atoms. The minimum atomic E-state index is -0.949. The molecule has 0 aliphatic carbocycles. The highest BCUT2D eigenvalue weighted by Crippen LogP contribution is 2.38. The molecular weight excluding hydrogens is 475 g/mol. The predicted molar refractivity (Wildman–Crippen MR) is 123 cm³/mol. The molecule has 0 saturated heterocycles. The monoisotopic (exact) mass is 514 g/mol. The van der Waals surface area contributed by atoms with E-state index in [0.717, 1.165) is 0 Å². The van der Waals surface area contributed by atoms with Gasteiger partial charge >= 0.3 is 0 Å². The molecule has 0 rings (SSSR count). The van der Waals surface area contributed by atoms with Crippen molar-refractivity contribution in [3.05, 3.63) is 0 Å². The molecule has 0 bridgehead atoms. The first-order valence-electron chi connectivity index (χ1n) is 10.6. The summed E-state index contributed by atoms with van der Waals surface area (Å²) >= 11 is 0. The number of amides is 3. The predicted octanol–water partition coefficient (Wildman–Crippen LogP) is -2.77. The average Bonchev–Trinajstić information content (AvgIpc) is 2.84. The van der Waals surface area contributed by atoms with Crippen LogP contribution in [0.25, 0.3) is 0 Å². The van der Waals surface area contributed by atoms with E-state index in [9.17, 15) is 14.4 Å². The maximum absolute atomic E-state index is 11.1. The van der Waals surface area contributed by atoms with Crippen molar-refractivity contribution in [2.75, 3.05) is 72.7 Å². The number of hydrazine groups is 3. The van der Waals surface area contributed by atoms with Crippen molar-refractivity contribution >= 4 is 25.9 Å². The minimum absolute atomic E-state index is 0.0546. The SMILES string of the molecule is CC(CCOCC(=O)NN)OCC(COCCOCC(=O)NN)P(C)OCCOCC(=O)NN. The van der Waals surface area contributed by atoms with E-state index >= 15 is 0 Å². The number of ether oxygens (including phenoxy) is 5. The first-order chi connectivity index (χ1) is 16.3. The van der Waals surface area contributed by atoms with Gasteiger partial charge in [0, 0.05) is 14.8 Å². The third-order valence-electron chi connectivity index (χ3n) is 4.14. The number of carbonyl (C=O) groups is 3. The summed E-state index contributed by atoms with van der Waals surface area (Å²) in [7, 11) is -0.949. The molecule has 3 unspecified atom stereocenters. The molecule has 0 fully saturated rings. The lowest BCUT2D eigenvalue weighted by molar-refractivity contribution is -0.127. The van der Waals surface area contributed by atoms with Gasteiger partial charge in [-0.1, -0.05) is 0 Å². The Labute approximate surface area is 200 Å². The van der Waals surface area contributed by atoms with Crippen LogP contribution in [-0.2, 0) is 42.6 Å². The molecule has 0 saturated carbocycles. The van der Waals surface area contributed by atoms with Gasteiger partial charge in [-0.2, -0.15) is 0 Å². The highest BCUT2D eigenvalue weighted by atomic mass is 31.1. The first-order valence-corrected chi connectivity index (χ1v) is 12.4. The van der Waals surface area contributed by atoms with Crippen LogP contribution in [0.1, 0.15) is 13.3 Å². The highest BCUT2D eigenvalue weighted by molar-refractivity contribution is 7.52. The average molecular weight is 515 g/mol. The van der Waals surface area contributed by atoms with Gasteiger partial charge in [0.1, 0.15) is 19.8 Å². The van der Waals surface area contributed by atoms with Gasteiger partial charge in [0.15, 0.2) is 0 Å². The van der Waals surface area contributed by atoms with Crippen molar-refractivity contribution in [3.8, 4) is 0 Å². The lowest BCUT2D eigenvalue weighted by Crippen LogP contribution is -2.34. The van der Waals surface area contributed by atoms with Crippen LogP contribution in [0.2, 0.25) is 0 Å². The Morgan fingerprint density at radius 1 is 0.735 bits per heavy atom. The smallest absolute Gasteiger partial charge is 0.259 e. The van der Waals surface area contributed by atoms with E-state index < -0.39 is 25.9 Å². The van der Waals surface area contributed by atoms with E-state index in [1.54, 1.807) is 0 Å². The Hall–Kier alpha value is -1.52. The molecule has 3 atom stereocenters. The van der Waals surface area contributed by atoms with Crippen LogP contribution >= 0.6 is 8.15 Å². The Kier molecular flexibility index (Phi) is 21.0. The summed E-state index contributed by atoms with van der Waals surface area (Å²) in [5.41, 5.74) is 5.89. The summed E-state index contributed by atoms with van der Waals surface area (Å²) < 4.78 is 33.0. The molecule has 0 heterocycles. The zero-order chi connectivity index (χ0) is 25.6. The number of carbonyl (C=O) groups excluding carboxylic acids is 3. The summed E-state index contributed by atoms with van der Waals surface area (Å²) in [5, 5.41) is 0. The van der Waals surface area contributed by atoms with Gasteiger partial charge in [0.25, 0.3) is 17.7 Å². The van der Waals surface area contributed by atoms with Gasteiger partial charge in [-0.3, -0.25) is 30.7 Å². The second-order valence-corrected chi connectivity index (χ2v) is 8.98. The van der Waals surface area contributed by atoms with Crippen molar-refractivity contribution in [1.82, 2.24) is 16.3 Å². The fraction of sp³-hybridized carbons (Fsp3) is 0.833. The van der Waals surface area contributed by atoms with Gasteiger partial charge in [0.2, 0.25) is 0 Å². The van der Waals surface area contributed by atoms with Crippen LogP contribution in [0.5, 0.6) is 0 Å². The molecule has 15 nitrogen and oxygen atoms in total. The zero-order valence-electron chi connectivity index (χ0n) is 19.8. The molecule has 34 heavy (non-hydrogen) atoms. The summed E-state index contributed by atoms with van der Waals surface area (Å²) in [6.45, 7) is 5.53. The Bertz CT molecular complexity index is 564. The number of hydrogen-bond donors (Lipinski definition) is 6. The topological polar surface area (TPSA) is 221 Å². The van der Waals surface area contributed by atoms with Crippen LogP contribution in [0.3, 0.4) is 0 Å². The Morgan fingerprint density at radius 3 is 1.74 bits per heavy atom. The molecular formula is C18H39N6O9P. The number of rotatable bonds is 22. The number of nitrogens with one attached hydrogen (secondary N) is 3. The first kappa shape index (κ1) is 32.5. The fourth-order valence-corrected chi connectivity index (χ4v) is 3.35. The van der Waals surface area contributed by atoms with E-state index in [-0.39, 0.29) is 51.4 Å². The second kappa shape index (κ2) is 22.0. The third-order valence-corrected chi connectivity index (χ3v) is 6.06. The maximum atomic E-state index is 11.1. The van der Waals surface area contributed by atoms with Crippen LogP contribution in [-0.4, -0.2) is 102 Å². The van der Waals surface area contributed by atoms with Crippen LogP contribution in [0, 0.1) is 0 Å². The van der Waals surface area contributed by atoms with Gasteiger partial charge in [-0.05, 0) is 20.0 Å². The summed E-state index contributed by atoms with van der Waals surface area (Å²) in [5.74, 6) is 13.7. The third kappa shape index (κ3) is 18.9. The fourth-order valence-electron chi connectivity index (χ4n) is 2.17. The van der Waals surface area contributed by atoms with E-state index in [2.05, 4.69) is 0 Å². The van der Waals surface area contributed by atoms with Gasteiger partial charge in [-0.15, -0.1) is 0 Å². The van der Waals surface area contributed by atoms with Crippen molar-refractivity contribution in [2.24, 2.45) is 17.5 Å². The molecule has 0 aliphatic heterocycles. The molecule has 0 radical (unpaired) electrons. The van der Waals surface area contributed by atoms with E-state index in [0.29, 0.717) is 32.8 Å². The lowest BCUT2D eigenvalue weighted by atomic mass is 10.3. The molecule has 200 valence electrons. The molecule has 0 aromatic heterocycles. The van der Waals surface area contributed by atoms with Crippen molar-refractivity contribution in [2.45, 2.75) is 25.1 Å². The van der Waals surface area contributed by atoms with Crippen LogP contribution in [0.15, 0.2) is 0 Å². The summed E-state index contributed by atoms with van der Waals surface area (Å²) in [4.78, 5) is 33.1.